The molecule has 1 aliphatic heterocycles. The molecule has 7 heteroatoms. The largest absolute Gasteiger partial charge is 0.444 e. The van der Waals surface area contributed by atoms with Crippen molar-refractivity contribution in [2.24, 2.45) is 0 Å². The Morgan fingerprint density at radius 1 is 1.46 bits per heavy atom. The van der Waals surface area contributed by atoms with E-state index in [1.54, 1.807) is 17.7 Å². The fourth-order valence-corrected chi connectivity index (χ4v) is 3.79. The summed E-state index contributed by atoms with van der Waals surface area (Å²) < 4.78 is 5.34. The molecule has 0 aromatic carbocycles. The summed E-state index contributed by atoms with van der Waals surface area (Å²) in [5.74, 6) is 0.962. The molecule has 130 valence electrons. The lowest BCUT2D eigenvalue weighted by molar-refractivity contribution is 0.0509. The minimum atomic E-state index is -0.478. The normalized spacial score (nSPS) is 18.2. The summed E-state index contributed by atoms with van der Waals surface area (Å²) in [6, 6.07) is 2.26. The van der Waals surface area contributed by atoms with Crippen molar-refractivity contribution in [3.63, 3.8) is 0 Å². The van der Waals surface area contributed by atoms with Crippen LogP contribution < -0.4 is 10.2 Å². The molecular weight excluding hydrogens is 324 g/mol. The minimum absolute atomic E-state index is 0.0779. The topological polar surface area (TPSA) is 67.4 Å². The predicted octanol–water partition coefficient (Wildman–Crippen LogP) is 3.36. The van der Waals surface area contributed by atoms with Gasteiger partial charge in [-0.3, -0.25) is 0 Å². The zero-order valence-electron chi connectivity index (χ0n) is 14.6. The average molecular weight is 348 g/mol. The van der Waals surface area contributed by atoms with E-state index in [1.807, 2.05) is 20.8 Å². The number of nitrogens with one attached hydrogen (secondary N) is 1. The molecule has 1 saturated heterocycles. The summed E-state index contributed by atoms with van der Waals surface area (Å²) in [5.41, 5.74) is -0.478. The van der Waals surface area contributed by atoms with E-state index in [2.05, 4.69) is 33.2 Å². The standard InChI is InChI=1S/C17H24N4O2S/c1-5-12-8-13-14(18-10-19-15(13)24-12)21-7-6-11(9-21)20-16(22)23-17(2,3)4/h8,10-11H,5-7,9H2,1-4H3,(H,20,22). The Kier molecular flexibility index (Phi) is 4.62. The maximum Gasteiger partial charge on any atom is 0.407 e. The number of nitrogens with zero attached hydrogens (tertiary/aromatic N) is 3. The second-order valence-electron chi connectivity index (χ2n) is 7.06. The van der Waals surface area contributed by atoms with Gasteiger partial charge in [0, 0.05) is 18.0 Å². The van der Waals surface area contributed by atoms with E-state index >= 15 is 0 Å². The molecule has 24 heavy (non-hydrogen) atoms. The molecule has 2 aromatic rings. The third-order valence-corrected chi connectivity index (χ3v) is 5.10. The van der Waals surface area contributed by atoms with Gasteiger partial charge in [-0.25, -0.2) is 14.8 Å². The van der Waals surface area contributed by atoms with Gasteiger partial charge in [0.15, 0.2) is 0 Å². The molecule has 3 rings (SSSR count). The number of thiophene rings is 1. The van der Waals surface area contributed by atoms with Gasteiger partial charge < -0.3 is 15.0 Å². The summed E-state index contributed by atoms with van der Waals surface area (Å²) in [4.78, 5) is 25.4. The SMILES string of the molecule is CCc1cc2c(N3CCC(NC(=O)OC(C)(C)C)C3)ncnc2s1. The minimum Gasteiger partial charge on any atom is -0.444 e. The molecule has 1 N–H and O–H groups in total. The molecule has 1 atom stereocenters. The number of amides is 1. The van der Waals surface area contributed by atoms with Crippen LogP contribution in [0, 0.1) is 0 Å². The molecule has 0 spiro atoms. The van der Waals surface area contributed by atoms with Gasteiger partial charge in [-0.15, -0.1) is 11.3 Å². The Morgan fingerprint density at radius 3 is 2.96 bits per heavy atom. The first kappa shape index (κ1) is 17.0. The van der Waals surface area contributed by atoms with Crippen molar-refractivity contribution in [1.82, 2.24) is 15.3 Å². The summed E-state index contributed by atoms with van der Waals surface area (Å²) >= 11 is 1.72. The van der Waals surface area contributed by atoms with Crippen LogP contribution in [0.5, 0.6) is 0 Å². The van der Waals surface area contributed by atoms with Gasteiger partial charge in [-0.2, -0.15) is 0 Å². The van der Waals surface area contributed by atoms with Gasteiger partial charge in [0.25, 0.3) is 0 Å². The first-order valence-corrected chi connectivity index (χ1v) is 9.15. The Hall–Kier alpha value is -1.89. The summed E-state index contributed by atoms with van der Waals surface area (Å²) in [5, 5.41) is 4.06. The molecule has 1 fully saturated rings. The number of hydrogen-bond donors (Lipinski definition) is 1. The second-order valence-corrected chi connectivity index (χ2v) is 8.18. The van der Waals surface area contributed by atoms with Crippen LogP contribution in [0.3, 0.4) is 0 Å². The van der Waals surface area contributed by atoms with Crippen molar-refractivity contribution in [3.8, 4) is 0 Å². The van der Waals surface area contributed by atoms with Crippen molar-refractivity contribution in [2.75, 3.05) is 18.0 Å². The maximum atomic E-state index is 11.9. The Bertz CT molecular complexity index is 738. The van der Waals surface area contributed by atoms with Crippen LogP contribution in [0.25, 0.3) is 10.2 Å². The molecule has 1 amide bonds. The maximum absolute atomic E-state index is 11.9. The highest BCUT2D eigenvalue weighted by Crippen LogP contribution is 2.32. The summed E-state index contributed by atoms with van der Waals surface area (Å²) in [6.07, 6.45) is 3.16. The molecule has 0 saturated carbocycles. The number of carbonyl (C=O) groups is 1. The molecular formula is C17H24N4O2S. The zero-order chi connectivity index (χ0) is 17.3. The van der Waals surface area contributed by atoms with Crippen LogP contribution in [-0.4, -0.2) is 40.8 Å². The van der Waals surface area contributed by atoms with Crippen LogP contribution in [0.4, 0.5) is 10.6 Å². The van der Waals surface area contributed by atoms with Crippen LogP contribution in [0.2, 0.25) is 0 Å². The van der Waals surface area contributed by atoms with Crippen LogP contribution in [0.1, 0.15) is 39.0 Å². The fourth-order valence-electron chi connectivity index (χ4n) is 2.86. The molecule has 0 aliphatic carbocycles. The summed E-state index contributed by atoms with van der Waals surface area (Å²) in [7, 11) is 0. The Labute approximate surface area is 146 Å². The van der Waals surface area contributed by atoms with Crippen molar-refractivity contribution in [3.05, 3.63) is 17.3 Å². The van der Waals surface area contributed by atoms with Gasteiger partial charge in [0.2, 0.25) is 0 Å². The first-order valence-electron chi connectivity index (χ1n) is 8.33. The molecule has 0 radical (unpaired) electrons. The van der Waals surface area contributed by atoms with Gasteiger partial charge in [-0.1, -0.05) is 6.92 Å². The van der Waals surface area contributed by atoms with Crippen molar-refractivity contribution in [2.45, 2.75) is 52.2 Å². The summed E-state index contributed by atoms with van der Waals surface area (Å²) in [6.45, 7) is 9.36. The van der Waals surface area contributed by atoms with Crippen molar-refractivity contribution in [1.29, 1.82) is 0 Å². The molecule has 6 nitrogen and oxygen atoms in total. The second kappa shape index (κ2) is 6.55. The molecule has 1 unspecified atom stereocenters. The fraction of sp³-hybridized carbons (Fsp3) is 0.588. The van der Waals surface area contributed by atoms with E-state index < -0.39 is 5.60 Å². The first-order chi connectivity index (χ1) is 11.4. The number of rotatable bonds is 3. The number of hydrogen-bond acceptors (Lipinski definition) is 6. The number of aromatic nitrogens is 2. The van der Waals surface area contributed by atoms with Crippen LogP contribution in [-0.2, 0) is 11.2 Å². The van der Waals surface area contributed by atoms with E-state index in [9.17, 15) is 4.79 Å². The van der Waals surface area contributed by atoms with E-state index in [0.717, 1.165) is 42.0 Å². The molecule has 3 heterocycles. The number of ether oxygens (including phenoxy) is 1. The lowest BCUT2D eigenvalue weighted by atomic mass is 10.2. The predicted molar refractivity (Wildman–Crippen MR) is 96.8 cm³/mol. The lowest BCUT2D eigenvalue weighted by Crippen LogP contribution is -2.40. The third-order valence-electron chi connectivity index (χ3n) is 3.92. The molecule has 0 bridgehead atoms. The third kappa shape index (κ3) is 3.77. The molecule has 1 aliphatic rings. The number of carbonyl (C=O) groups excluding carboxylic acids is 1. The monoisotopic (exact) mass is 348 g/mol. The van der Waals surface area contributed by atoms with Crippen molar-refractivity contribution >= 4 is 33.5 Å². The Morgan fingerprint density at radius 2 is 2.25 bits per heavy atom. The van der Waals surface area contributed by atoms with E-state index in [4.69, 9.17) is 4.74 Å². The smallest absolute Gasteiger partial charge is 0.407 e. The Balaban J connectivity index is 1.70. The number of alkyl carbamates (subject to hydrolysis) is 1. The lowest BCUT2D eigenvalue weighted by Gasteiger charge is -2.22. The van der Waals surface area contributed by atoms with E-state index in [1.165, 1.54) is 4.88 Å². The van der Waals surface area contributed by atoms with Gasteiger partial charge in [0.05, 0.1) is 11.4 Å². The van der Waals surface area contributed by atoms with Crippen molar-refractivity contribution < 1.29 is 9.53 Å². The van der Waals surface area contributed by atoms with Crippen LogP contribution in [0.15, 0.2) is 12.4 Å². The highest BCUT2D eigenvalue weighted by molar-refractivity contribution is 7.18. The highest BCUT2D eigenvalue weighted by Gasteiger charge is 2.28. The molecule has 2 aromatic heterocycles. The van der Waals surface area contributed by atoms with E-state index in [-0.39, 0.29) is 12.1 Å². The van der Waals surface area contributed by atoms with Gasteiger partial charge >= 0.3 is 6.09 Å². The number of fused-ring (bicyclic) bond motifs is 1. The van der Waals surface area contributed by atoms with Gasteiger partial charge in [-0.05, 0) is 39.7 Å². The number of anilines is 1. The zero-order valence-corrected chi connectivity index (χ0v) is 15.4. The van der Waals surface area contributed by atoms with Gasteiger partial charge in [0.1, 0.15) is 22.6 Å². The highest BCUT2D eigenvalue weighted by atomic mass is 32.1. The average Bonchev–Trinajstić information content (AvgIpc) is 3.10. The quantitative estimate of drug-likeness (QED) is 0.921. The van der Waals surface area contributed by atoms with Crippen LogP contribution >= 0.6 is 11.3 Å². The number of aryl methyl sites for hydroxylation is 1. The van der Waals surface area contributed by atoms with E-state index in [0.29, 0.717) is 0 Å².